The van der Waals surface area contributed by atoms with Crippen LogP contribution in [0.4, 0.5) is 0 Å². The summed E-state index contributed by atoms with van der Waals surface area (Å²) in [4.78, 5) is 24.5. The SMILES string of the molecule is COc1ccccc1CCNCCCCC(=O)c1ccc2c(c1)n(C)c(=O)n2C.Cl. The third-order valence-electron chi connectivity index (χ3n) is 5.36. The summed E-state index contributed by atoms with van der Waals surface area (Å²) in [7, 11) is 5.17. The van der Waals surface area contributed by atoms with Crippen LogP contribution in [0.3, 0.4) is 0 Å². The number of carbonyl (C=O) groups excluding carboxylic acids is 1. The van der Waals surface area contributed by atoms with Gasteiger partial charge in [0.05, 0.1) is 18.1 Å². The number of fused-ring (bicyclic) bond motifs is 1. The maximum atomic E-state index is 12.5. The number of ether oxygens (including phenoxy) is 1. The van der Waals surface area contributed by atoms with Crippen molar-refractivity contribution in [3.8, 4) is 5.75 Å². The number of nitrogens with zero attached hydrogens (tertiary/aromatic N) is 2. The molecule has 1 aromatic heterocycles. The summed E-state index contributed by atoms with van der Waals surface area (Å²) in [6.07, 6.45) is 3.22. The fourth-order valence-electron chi connectivity index (χ4n) is 3.62. The number of imidazole rings is 1. The molecule has 0 aliphatic carbocycles. The Morgan fingerprint density at radius 3 is 2.50 bits per heavy atom. The number of Topliss-reactive ketones (excluding diaryl/α,β-unsaturated/α-hetero) is 1. The molecule has 3 rings (SSSR count). The molecule has 0 unspecified atom stereocenters. The third-order valence-corrected chi connectivity index (χ3v) is 5.36. The van der Waals surface area contributed by atoms with Gasteiger partial charge in [0.15, 0.2) is 5.78 Å². The van der Waals surface area contributed by atoms with E-state index in [0.29, 0.717) is 12.0 Å². The first-order chi connectivity index (χ1) is 14.0. The van der Waals surface area contributed by atoms with E-state index >= 15 is 0 Å². The van der Waals surface area contributed by atoms with Crippen LogP contribution >= 0.6 is 12.4 Å². The van der Waals surface area contributed by atoms with E-state index in [-0.39, 0.29) is 23.9 Å². The van der Waals surface area contributed by atoms with Gasteiger partial charge in [-0.05, 0) is 62.2 Å². The smallest absolute Gasteiger partial charge is 0.328 e. The Labute approximate surface area is 183 Å². The molecule has 0 spiro atoms. The second kappa shape index (κ2) is 11.0. The number of methoxy groups -OCH3 is 1. The number of aromatic nitrogens is 2. The van der Waals surface area contributed by atoms with Gasteiger partial charge in [0.1, 0.15) is 5.75 Å². The summed E-state index contributed by atoms with van der Waals surface area (Å²) in [5.41, 5.74) is 3.42. The molecule has 6 nitrogen and oxygen atoms in total. The van der Waals surface area contributed by atoms with Gasteiger partial charge in [0, 0.05) is 26.1 Å². The van der Waals surface area contributed by atoms with Crippen molar-refractivity contribution in [3.05, 3.63) is 64.1 Å². The third kappa shape index (κ3) is 5.32. The van der Waals surface area contributed by atoms with Gasteiger partial charge in [0.2, 0.25) is 0 Å². The predicted molar refractivity (Wildman–Crippen MR) is 123 cm³/mol. The zero-order valence-corrected chi connectivity index (χ0v) is 18.6. The second-order valence-electron chi connectivity index (χ2n) is 7.30. The number of hydrogen-bond acceptors (Lipinski definition) is 4. The molecular formula is C23H30ClN3O3. The van der Waals surface area contributed by atoms with Crippen LogP contribution in [0.25, 0.3) is 11.0 Å². The van der Waals surface area contributed by atoms with Gasteiger partial charge in [-0.3, -0.25) is 13.9 Å². The highest BCUT2D eigenvalue weighted by atomic mass is 35.5. The Bertz CT molecular complexity index is 1060. The highest BCUT2D eigenvalue weighted by Gasteiger charge is 2.11. The van der Waals surface area contributed by atoms with E-state index in [2.05, 4.69) is 11.4 Å². The molecule has 0 saturated carbocycles. The van der Waals surface area contributed by atoms with Gasteiger partial charge < -0.3 is 10.1 Å². The van der Waals surface area contributed by atoms with E-state index in [1.807, 2.05) is 36.4 Å². The molecule has 0 aliphatic rings. The van der Waals surface area contributed by atoms with Crippen molar-refractivity contribution in [1.29, 1.82) is 0 Å². The fraction of sp³-hybridized carbons (Fsp3) is 0.391. The molecule has 0 saturated heterocycles. The molecular weight excluding hydrogens is 402 g/mol. The average Bonchev–Trinajstić information content (AvgIpc) is 2.96. The number of nitrogens with one attached hydrogen (secondary N) is 1. The minimum absolute atomic E-state index is 0. The van der Waals surface area contributed by atoms with Gasteiger partial charge in [-0.25, -0.2) is 4.79 Å². The minimum atomic E-state index is -0.0798. The molecule has 0 bridgehead atoms. The van der Waals surface area contributed by atoms with Crippen LogP contribution in [-0.2, 0) is 20.5 Å². The normalized spacial score (nSPS) is 10.8. The van der Waals surface area contributed by atoms with E-state index in [1.165, 1.54) is 5.56 Å². The molecule has 3 aromatic rings. The number of halogens is 1. The van der Waals surface area contributed by atoms with Crippen LogP contribution in [0.15, 0.2) is 47.3 Å². The molecule has 7 heteroatoms. The summed E-state index contributed by atoms with van der Waals surface area (Å²) < 4.78 is 8.54. The molecule has 0 radical (unpaired) electrons. The Kier molecular flexibility index (Phi) is 8.69. The number of ketones is 1. The Morgan fingerprint density at radius 1 is 1.00 bits per heavy atom. The molecule has 1 heterocycles. The van der Waals surface area contributed by atoms with Gasteiger partial charge in [-0.2, -0.15) is 0 Å². The van der Waals surface area contributed by atoms with Crippen molar-refractivity contribution in [2.75, 3.05) is 20.2 Å². The van der Waals surface area contributed by atoms with Gasteiger partial charge in [-0.1, -0.05) is 18.2 Å². The van der Waals surface area contributed by atoms with Crippen molar-refractivity contribution in [3.63, 3.8) is 0 Å². The zero-order valence-electron chi connectivity index (χ0n) is 17.8. The van der Waals surface area contributed by atoms with Gasteiger partial charge in [-0.15, -0.1) is 12.4 Å². The molecule has 30 heavy (non-hydrogen) atoms. The lowest BCUT2D eigenvalue weighted by atomic mass is 10.0. The van der Waals surface area contributed by atoms with Crippen LogP contribution in [0.5, 0.6) is 5.75 Å². The number of benzene rings is 2. The van der Waals surface area contributed by atoms with Crippen LogP contribution in [-0.4, -0.2) is 35.1 Å². The number of hydrogen-bond donors (Lipinski definition) is 1. The fourth-order valence-corrected chi connectivity index (χ4v) is 3.62. The molecule has 1 N–H and O–H groups in total. The number of carbonyl (C=O) groups is 1. The molecule has 2 aromatic carbocycles. The van der Waals surface area contributed by atoms with Crippen molar-refractivity contribution in [2.45, 2.75) is 25.7 Å². The lowest BCUT2D eigenvalue weighted by Crippen LogP contribution is -2.19. The maximum Gasteiger partial charge on any atom is 0.328 e. The van der Waals surface area contributed by atoms with Crippen LogP contribution < -0.4 is 15.7 Å². The van der Waals surface area contributed by atoms with Crippen molar-refractivity contribution in [2.24, 2.45) is 14.1 Å². The Balaban J connectivity index is 0.00000320. The Hall–Kier alpha value is -2.57. The monoisotopic (exact) mass is 431 g/mol. The summed E-state index contributed by atoms with van der Waals surface area (Å²) in [5, 5.41) is 3.43. The minimum Gasteiger partial charge on any atom is -0.496 e. The van der Waals surface area contributed by atoms with Gasteiger partial charge in [0.25, 0.3) is 0 Å². The summed E-state index contributed by atoms with van der Waals surface area (Å²) >= 11 is 0. The maximum absolute atomic E-state index is 12.5. The first kappa shape index (κ1) is 23.7. The van der Waals surface area contributed by atoms with Crippen LogP contribution in [0, 0.1) is 0 Å². The standard InChI is InChI=1S/C23H29N3O3.ClH/c1-25-19-12-11-18(16-20(19)26(2)23(25)28)21(27)9-6-7-14-24-15-13-17-8-4-5-10-22(17)29-3;/h4-5,8,10-12,16,24H,6-7,9,13-15H2,1-3H3;1H. The lowest BCUT2D eigenvalue weighted by molar-refractivity contribution is 0.0979. The molecule has 0 amide bonds. The Morgan fingerprint density at radius 2 is 1.73 bits per heavy atom. The second-order valence-corrected chi connectivity index (χ2v) is 7.30. The van der Waals surface area contributed by atoms with E-state index < -0.39 is 0 Å². The topological polar surface area (TPSA) is 65.3 Å². The number of para-hydroxylation sites is 1. The quantitative estimate of drug-likeness (QED) is 0.394. The lowest BCUT2D eigenvalue weighted by Gasteiger charge is -2.09. The average molecular weight is 432 g/mol. The molecule has 162 valence electrons. The highest BCUT2D eigenvalue weighted by molar-refractivity contribution is 5.99. The summed E-state index contributed by atoms with van der Waals surface area (Å²) in [6.45, 7) is 1.77. The summed E-state index contributed by atoms with van der Waals surface area (Å²) in [6, 6.07) is 13.5. The van der Waals surface area contributed by atoms with Crippen LogP contribution in [0.2, 0.25) is 0 Å². The summed E-state index contributed by atoms with van der Waals surface area (Å²) in [5.74, 6) is 1.05. The van der Waals surface area contributed by atoms with E-state index in [4.69, 9.17) is 4.74 Å². The van der Waals surface area contributed by atoms with E-state index in [0.717, 1.165) is 49.1 Å². The largest absolute Gasteiger partial charge is 0.496 e. The zero-order chi connectivity index (χ0) is 20.8. The number of aryl methyl sites for hydroxylation is 2. The van der Waals surface area contributed by atoms with Crippen molar-refractivity contribution >= 4 is 29.2 Å². The van der Waals surface area contributed by atoms with Crippen molar-refractivity contribution < 1.29 is 9.53 Å². The first-order valence-corrected chi connectivity index (χ1v) is 10.0. The van der Waals surface area contributed by atoms with Gasteiger partial charge >= 0.3 is 5.69 Å². The van der Waals surface area contributed by atoms with Crippen LogP contribution in [0.1, 0.15) is 35.2 Å². The molecule has 0 aliphatic heterocycles. The molecule has 0 atom stereocenters. The number of unbranched alkanes of at least 4 members (excludes halogenated alkanes) is 1. The predicted octanol–water partition coefficient (Wildman–Crippen LogP) is 3.49. The molecule has 0 fully saturated rings. The highest BCUT2D eigenvalue weighted by Crippen LogP contribution is 2.18. The first-order valence-electron chi connectivity index (χ1n) is 10.0. The van der Waals surface area contributed by atoms with E-state index in [1.54, 1.807) is 30.3 Å². The van der Waals surface area contributed by atoms with Crippen molar-refractivity contribution in [1.82, 2.24) is 14.5 Å². The van der Waals surface area contributed by atoms with E-state index in [9.17, 15) is 9.59 Å². The number of rotatable bonds is 10.